The molecule has 5 rings (SSSR count). The highest BCUT2D eigenvalue weighted by atomic mass is 16.3. The Labute approximate surface area is 115 Å². The zero-order chi connectivity index (χ0) is 13.1. The molecule has 5 nitrogen and oxygen atoms in total. The monoisotopic (exact) mass is 266 g/mol. The summed E-state index contributed by atoms with van der Waals surface area (Å²) in [6.45, 7) is 0. The minimum absolute atomic E-state index is 0.455. The van der Waals surface area contributed by atoms with Gasteiger partial charge in [0, 0.05) is 36.3 Å². The van der Waals surface area contributed by atoms with Crippen molar-refractivity contribution in [3.63, 3.8) is 0 Å². The van der Waals surface area contributed by atoms with E-state index in [4.69, 9.17) is 9.52 Å². The van der Waals surface area contributed by atoms with E-state index in [1.807, 2.05) is 28.9 Å². The van der Waals surface area contributed by atoms with Crippen LogP contribution in [0.25, 0.3) is 17.1 Å². The fourth-order valence-electron chi connectivity index (χ4n) is 3.49. The fraction of sp³-hybridized carbons (Fsp3) is 0.333. The van der Waals surface area contributed by atoms with Gasteiger partial charge < -0.3 is 9.73 Å². The molecule has 5 heterocycles. The van der Waals surface area contributed by atoms with E-state index in [0.29, 0.717) is 12.1 Å². The van der Waals surface area contributed by atoms with Crippen molar-refractivity contribution in [3.8, 4) is 11.5 Å². The molecular formula is C15H14N4O. The molecule has 100 valence electrons. The molecule has 2 atom stereocenters. The van der Waals surface area contributed by atoms with Crippen molar-refractivity contribution in [2.24, 2.45) is 0 Å². The van der Waals surface area contributed by atoms with Gasteiger partial charge in [-0.15, -0.1) is 0 Å². The average Bonchev–Trinajstić information content (AvgIpc) is 3.16. The van der Waals surface area contributed by atoms with Gasteiger partial charge in [0.15, 0.2) is 11.4 Å². The molecule has 0 amide bonds. The lowest BCUT2D eigenvalue weighted by Gasteiger charge is -2.24. The molecule has 3 aromatic rings. The van der Waals surface area contributed by atoms with Crippen molar-refractivity contribution >= 4 is 5.65 Å². The summed E-state index contributed by atoms with van der Waals surface area (Å²) in [7, 11) is 0. The molecule has 1 saturated heterocycles. The molecule has 3 aromatic heterocycles. The molecule has 5 heteroatoms. The molecule has 2 aliphatic heterocycles. The van der Waals surface area contributed by atoms with Crippen molar-refractivity contribution in [1.82, 2.24) is 19.9 Å². The number of rotatable bonds is 1. The van der Waals surface area contributed by atoms with Crippen LogP contribution in [-0.2, 0) is 6.42 Å². The van der Waals surface area contributed by atoms with Crippen LogP contribution in [0.2, 0.25) is 0 Å². The van der Waals surface area contributed by atoms with Gasteiger partial charge in [0.2, 0.25) is 0 Å². The number of furan rings is 1. The lowest BCUT2D eigenvalue weighted by atomic mass is 10.0. The first-order valence-corrected chi connectivity index (χ1v) is 7.06. The lowest BCUT2D eigenvalue weighted by molar-refractivity contribution is 0.496. The van der Waals surface area contributed by atoms with Crippen LogP contribution in [0.1, 0.15) is 30.1 Å². The molecule has 2 bridgehead atoms. The molecule has 1 N–H and O–H groups in total. The van der Waals surface area contributed by atoms with Crippen LogP contribution in [0.15, 0.2) is 35.1 Å². The summed E-state index contributed by atoms with van der Waals surface area (Å²) >= 11 is 0. The Kier molecular flexibility index (Phi) is 1.96. The van der Waals surface area contributed by atoms with E-state index in [9.17, 15) is 0 Å². The molecule has 20 heavy (non-hydrogen) atoms. The third kappa shape index (κ3) is 1.35. The molecule has 0 aliphatic carbocycles. The van der Waals surface area contributed by atoms with Gasteiger partial charge in [0.05, 0.1) is 12.0 Å². The first kappa shape index (κ1) is 10.6. The van der Waals surface area contributed by atoms with Gasteiger partial charge in [-0.1, -0.05) is 0 Å². The topological polar surface area (TPSA) is 55.4 Å². The largest absolute Gasteiger partial charge is 0.463 e. The van der Waals surface area contributed by atoms with E-state index in [2.05, 4.69) is 10.3 Å². The quantitative estimate of drug-likeness (QED) is 0.734. The van der Waals surface area contributed by atoms with Gasteiger partial charge in [-0.25, -0.2) is 9.50 Å². The van der Waals surface area contributed by atoms with Crippen molar-refractivity contribution in [1.29, 1.82) is 0 Å². The average molecular weight is 266 g/mol. The molecule has 0 radical (unpaired) electrons. The highest BCUT2D eigenvalue weighted by molar-refractivity contribution is 5.59. The van der Waals surface area contributed by atoms with Gasteiger partial charge in [-0.3, -0.25) is 0 Å². The van der Waals surface area contributed by atoms with Crippen LogP contribution in [0, 0.1) is 0 Å². The number of fused-ring (bicyclic) bond motifs is 6. The maximum Gasteiger partial charge on any atom is 0.155 e. The van der Waals surface area contributed by atoms with Crippen molar-refractivity contribution < 1.29 is 4.42 Å². The van der Waals surface area contributed by atoms with E-state index in [0.717, 1.165) is 23.5 Å². The highest BCUT2D eigenvalue weighted by Gasteiger charge is 2.34. The second-order valence-corrected chi connectivity index (χ2v) is 5.63. The smallest absolute Gasteiger partial charge is 0.155 e. The molecule has 0 spiro atoms. The first-order valence-electron chi connectivity index (χ1n) is 7.06. The normalized spacial score (nSPS) is 24.2. The fourth-order valence-corrected chi connectivity index (χ4v) is 3.49. The molecule has 1 fully saturated rings. The second kappa shape index (κ2) is 3.70. The van der Waals surface area contributed by atoms with Crippen LogP contribution < -0.4 is 5.32 Å². The number of nitrogens with one attached hydrogen (secondary N) is 1. The molecule has 0 saturated carbocycles. The summed E-state index contributed by atoms with van der Waals surface area (Å²) in [6, 6.07) is 6.85. The van der Waals surface area contributed by atoms with E-state index < -0.39 is 0 Å². The Balaban J connectivity index is 1.74. The summed E-state index contributed by atoms with van der Waals surface area (Å²) in [5.41, 5.74) is 4.36. The zero-order valence-corrected chi connectivity index (χ0v) is 10.9. The Morgan fingerprint density at radius 3 is 3.25 bits per heavy atom. The predicted molar refractivity (Wildman–Crippen MR) is 73.3 cm³/mol. The third-order valence-corrected chi connectivity index (χ3v) is 4.44. The number of hydrogen-bond donors (Lipinski definition) is 1. The summed E-state index contributed by atoms with van der Waals surface area (Å²) in [5, 5.41) is 8.34. The van der Waals surface area contributed by atoms with Crippen molar-refractivity contribution in [3.05, 3.63) is 41.9 Å². The maximum absolute atomic E-state index is 5.43. The van der Waals surface area contributed by atoms with E-state index in [1.54, 1.807) is 6.26 Å². The third-order valence-electron chi connectivity index (χ3n) is 4.44. The summed E-state index contributed by atoms with van der Waals surface area (Å²) in [4.78, 5) is 4.56. The van der Waals surface area contributed by atoms with Gasteiger partial charge >= 0.3 is 0 Å². The second-order valence-electron chi connectivity index (χ2n) is 5.63. The van der Waals surface area contributed by atoms with E-state index in [1.165, 1.54) is 24.1 Å². The summed E-state index contributed by atoms with van der Waals surface area (Å²) in [6.07, 6.45) is 7.16. The standard InChI is InChI=1S/C15H14N4O/c1-2-14(20-5-1)12-7-15-16-8-10-11-4-3-9(17-11)6-13(10)19(15)18-12/h1-2,5,7-9,11,17H,3-4,6H2/t9-,11-/m0/s1. The Bertz CT molecular complexity index is 790. The van der Waals surface area contributed by atoms with Gasteiger partial charge in [-0.05, 0) is 25.0 Å². The van der Waals surface area contributed by atoms with Crippen LogP contribution >= 0.6 is 0 Å². The number of nitrogens with zero attached hydrogens (tertiary/aromatic N) is 3. The van der Waals surface area contributed by atoms with E-state index in [-0.39, 0.29) is 0 Å². The Hall–Kier alpha value is -2.14. The Morgan fingerprint density at radius 1 is 1.35 bits per heavy atom. The molecule has 2 aliphatic rings. The van der Waals surface area contributed by atoms with Gasteiger partial charge in [-0.2, -0.15) is 5.10 Å². The molecule has 0 unspecified atom stereocenters. The van der Waals surface area contributed by atoms with Crippen LogP contribution in [0.3, 0.4) is 0 Å². The molecule has 0 aromatic carbocycles. The maximum atomic E-state index is 5.43. The lowest BCUT2D eigenvalue weighted by Crippen LogP contribution is -2.33. The van der Waals surface area contributed by atoms with Crippen LogP contribution in [0.5, 0.6) is 0 Å². The Morgan fingerprint density at radius 2 is 2.35 bits per heavy atom. The summed E-state index contributed by atoms with van der Waals surface area (Å²) in [5.74, 6) is 0.793. The van der Waals surface area contributed by atoms with E-state index >= 15 is 0 Å². The van der Waals surface area contributed by atoms with Crippen LogP contribution in [0.4, 0.5) is 0 Å². The van der Waals surface area contributed by atoms with Gasteiger partial charge in [0.25, 0.3) is 0 Å². The van der Waals surface area contributed by atoms with Crippen molar-refractivity contribution in [2.45, 2.75) is 31.3 Å². The number of hydrogen-bond acceptors (Lipinski definition) is 4. The van der Waals surface area contributed by atoms with Gasteiger partial charge in [0.1, 0.15) is 5.69 Å². The minimum Gasteiger partial charge on any atom is -0.463 e. The van der Waals surface area contributed by atoms with Crippen LogP contribution in [-0.4, -0.2) is 20.6 Å². The zero-order valence-electron chi connectivity index (χ0n) is 10.9. The molecular weight excluding hydrogens is 252 g/mol. The predicted octanol–water partition coefficient (Wildman–Crippen LogP) is 2.34. The van der Waals surface area contributed by atoms with Crippen molar-refractivity contribution in [2.75, 3.05) is 0 Å². The highest BCUT2D eigenvalue weighted by Crippen LogP contribution is 2.35. The SMILES string of the molecule is c1coc(-c2cc3ncc4c(n3n2)C[C@@H]2CC[C@@H]4N2)c1. The summed E-state index contributed by atoms with van der Waals surface area (Å²) < 4.78 is 7.43. The first-order chi connectivity index (χ1) is 9.88. The minimum atomic E-state index is 0.455. The number of aromatic nitrogens is 3.